The molecule has 120 valence electrons. The summed E-state index contributed by atoms with van der Waals surface area (Å²) < 4.78 is 0. The monoisotopic (exact) mass is 310 g/mol. The van der Waals surface area contributed by atoms with E-state index in [2.05, 4.69) is 59.7 Å². The van der Waals surface area contributed by atoms with E-state index in [0.29, 0.717) is 17.3 Å². The van der Waals surface area contributed by atoms with E-state index in [1.807, 2.05) is 0 Å². The number of aliphatic hydroxyl groups excluding tert-OH is 1. The second-order valence-electron chi connectivity index (χ2n) is 7.79. The molecule has 1 rings (SSSR count). The van der Waals surface area contributed by atoms with Gasteiger partial charge in [0.25, 0.3) is 0 Å². The highest BCUT2D eigenvalue weighted by Gasteiger charge is 2.22. The van der Waals surface area contributed by atoms with Crippen LogP contribution in [0.4, 0.5) is 0 Å². The predicted octanol–water partition coefficient (Wildman–Crippen LogP) is 5.69. The van der Waals surface area contributed by atoms with Gasteiger partial charge in [0, 0.05) is 11.6 Å². The summed E-state index contributed by atoms with van der Waals surface area (Å²) >= 11 is 6.47. The normalized spacial score (nSPS) is 15.3. The first-order chi connectivity index (χ1) is 9.65. The number of benzene rings is 1. The van der Waals surface area contributed by atoms with Crippen molar-refractivity contribution in [1.29, 1.82) is 0 Å². The first-order valence-corrected chi connectivity index (χ1v) is 8.42. The Labute approximate surface area is 135 Å². The molecule has 0 aliphatic heterocycles. The Morgan fingerprint density at radius 1 is 1.14 bits per heavy atom. The molecule has 1 aromatic carbocycles. The molecule has 0 aliphatic carbocycles. The number of hydrogen-bond donors (Lipinski definition) is 1. The standard InChI is InChI=1S/C19H31ClO/c1-13(2)17(12-21)14(3)16-8-7-15(18(20)11-16)9-10-19(4,5)6/h7-8,11,13-14,17,21H,9-10,12H2,1-6H3. The van der Waals surface area contributed by atoms with Crippen LogP contribution in [0.25, 0.3) is 0 Å². The second kappa shape index (κ2) is 7.65. The van der Waals surface area contributed by atoms with Crippen molar-refractivity contribution in [2.45, 2.75) is 60.3 Å². The highest BCUT2D eigenvalue weighted by Crippen LogP contribution is 2.33. The van der Waals surface area contributed by atoms with Gasteiger partial charge >= 0.3 is 0 Å². The summed E-state index contributed by atoms with van der Waals surface area (Å²) in [4.78, 5) is 0. The topological polar surface area (TPSA) is 20.2 Å². The fourth-order valence-corrected chi connectivity index (χ4v) is 3.04. The molecule has 1 nitrogen and oxygen atoms in total. The van der Waals surface area contributed by atoms with Crippen LogP contribution in [0, 0.1) is 17.3 Å². The van der Waals surface area contributed by atoms with Crippen LogP contribution in [0.5, 0.6) is 0 Å². The van der Waals surface area contributed by atoms with E-state index >= 15 is 0 Å². The maximum atomic E-state index is 9.59. The molecule has 21 heavy (non-hydrogen) atoms. The van der Waals surface area contributed by atoms with Crippen molar-refractivity contribution in [2.75, 3.05) is 6.61 Å². The van der Waals surface area contributed by atoms with E-state index in [1.54, 1.807) is 0 Å². The minimum Gasteiger partial charge on any atom is -0.396 e. The van der Waals surface area contributed by atoms with Gasteiger partial charge in [-0.1, -0.05) is 65.3 Å². The third kappa shape index (κ3) is 5.64. The zero-order valence-corrected chi connectivity index (χ0v) is 15.2. The van der Waals surface area contributed by atoms with Gasteiger partial charge < -0.3 is 5.11 Å². The van der Waals surface area contributed by atoms with Crippen molar-refractivity contribution in [3.63, 3.8) is 0 Å². The summed E-state index contributed by atoms with van der Waals surface area (Å²) in [5, 5.41) is 10.5. The molecule has 0 saturated carbocycles. The Morgan fingerprint density at radius 3 is 2.19 bits per heavy atom. The van der Waals surface area contributed by atoms with E-state index in [0.717, 1.165) is 17.9 Å². The van der Waals surface area contributed by atoms with Gasteiger partial charge in [0.05, 0.1) is 0 Å². The lowest BCUT2D eigenvalue weighted by Crippen LogP contribution is -2.20. The van der Waals surface area contributed by atoms with Gasteiger partial charge in [-0.3, -0.25) is 0 Å². The Morgan fingerprint density at radius 2 is 1.76 bits per heavy atom. The summed E-state index contributed by atoms with van der Waals surface area (Å²) in [5.41, 5.74) is 2.79. The van der Waals surface area contributed by atoms with Crippen LogP contribution >= 0.6 is 11.6 Å². The van der Waals surface area contributed by atoms with E-state index in [-0.39, 0.29) is 12.5 Å². The van der Waals surface area contributed by atoms with Crippen LogP contribution in [-0.2, 0) is 6.42 Å². The van der Waals surface area contributed by atoms with E-state index in [9.17, 15) is 5.11 Å². The van der Waals surface area contributed by atoms with Crippen molar-refractivity contribution in [2.24, 2.45) is 17.3 Å². The fourth-order valence-electron chi connectivity index (χ4n) is 2.75. The fraction of sp³-hybridized carbons (Fsp3) is 0.684. The third-order valence-corrected chi connectivity index (χ3v) is 4.81. The molecule has 1 aromatic rings. The van der Waals surface area contributed by atoms with Gasteiger partial charge in [-0.05, 0) is 53.2 Å². The van der Waals surface area contributed by atoms with Crippen LogP contribution < -0.4 is 0 Å². The minimum absolute atomic E-state index is 0.224. The molecule has 0 heterocycles. The van der Waals surface area contributed by atoms with Gasteiger partial charge in [-0.15, -0.1) is 0 Å². The number of aryl methyl sites for hydroxylation is 1. The van der Waals surface area contributed by atoms with Gasteiger partial charge in [-0.2, -0.15) is 0 Å². The summed E-state index contributed by atoms with van der Waals surface area (Å²) in [7, 11) is 0. The van der Waals surface area contributed by atoms with E-state index < -0.39 is 0 Å². The van der Waals surface area contributed by atoms with Crippen molar-refractivity contribution in [1.82, 2.24) is 0 Å². The Hall–Kier alpha value is -0.530. The van der Waals surface area contributed by atoms with Crippen LogP contribution in [0.2, 0.25) is 5.02 Å². The molecule has 2 atom stereocenters. The van der Waals surface area contributed by atoms with Gasteiger partial charge in [0.15, 0.2) is 0 Å². The molecular weight excluding hydrogens is 280 g/mol. The highest BCUT2D eigenvalue weighted by atomic mass is 35.5. The molecule has 2 heteroatoms. The molecular formula is C19H31ClO. The van der Waals surface area contributed by atoms with Gasteiger partial charge in [0.2, 0.25) is 0 Å². The zero-order valence-electron chi connectivity index (χ0n) is 14.4. The molecule has 0 radical (unpaired) electrons. The molecule has 0 saturated heterocycles. The number of halogens is 1. The van der Waals surface area contributed by atoms with Gasteiger partial charge in [0.1, 0.15) is 0 Å². The SMILES string of the molecule is CC(C)C(CO)C(C)c1ccc(CCC(C)(C)C)c(Cl)c1. The number of rotatable bonds is 6. The number of aliphatic hydroxyl groups is 1. The lowest BCUT2D eigenvalue weighted by Gasteiger charge is -2.26. The van der Waals surface area contributed by atoms with E-state index in [4.69, 9.17) is 11.6 Å². The Kier molecular flexibility index (Phi) is 6.74. The first kappa shape index (κ1) is 18.5. The van der Waals surface area contributed by atoms with Crippen molar-refractivity contribution in [3.05, 3.63) is 34.3 Å². The third-order valence-electron chi connectivity index (χ3n) is 4.46. The summed E-state index contributed by atoms with van der Waals surface area (Å²) in [6.45, 7) is 13.5. The minimum atomic E-state index is 0.224. The Bertz CT molecular complexity index is 445. The number of hydrogen-bond acceptors (Lipinski definition) is 1. The maximum Gasteiger partial charge on any atom is 0.0467 e. The molecule has 0 bridgehead atoms. The maximum absolute atomic E-state index is 9.59. The molecule has 2 unspecified atom stereocenters. The zero-order chi connectivity index (χ0) is 16.2. The van der Waals surface area contributed by atoms with Crippen molar-refractivity contribution < 1.29 is 5.11 Å². The first-order valence-electron chi connectivity index (χ1n) is 8.05. The quantitative estimate of drug-likeness (QED) is 0.716. The second-order valence-corrected chi connectivity index (χ2v) is 8.20. The van der Waals surface area contributed by atoms with Crippen LogP contribution in [0.3, 0.4) is 0 Å². The molecule has 0 fully saturated rings. The van der Waals surface area contributed by atoms with Gasteiger partial charge in [-0.25, -0.2) is 0 Å². The lowest BCUT2D eigenvalue weighted by atomic mass is 9.80. The molecule has 0 aliphatic rings. The predicted molar refractivity (Wildman–Crippen MR) is 93.1 cm³/mol. The molecule has 0 spiro atoms. The average molecular weight is 311 g/mol. The van der Waals surface area contributed by atoms with Crippen LogP contribution in [0.1, 0.15) is 65.0 Å². The largest absolute Gasteiger partial charge is 0.396 e. The smallest absolute Gasteiger partial charge is 0.0467 e. The van der Waals surface area contributed by atoms with Crippen molar-refractivity contribution in [3.8, 4) is 0 Å². The summed E-state index contributed by atoms with van der Waals surface area (Å²) in [5.74, 6) is 1.06. The average Bonchev–Trinajstić information content (AvgIpc) is 2.36. The van der Waals surface area contributed by atoms with Crippen molar-refractivity contribution >= 4 is 11.6 Å². The molecule has 0 aromatic heterocycles. The highest BCUT2D eigenvalue weighted by molar-refractivity contribution is 6.31. The Balaban J connectivity index is 2.86. The van der Waals surface area contributed by atoms with Crippen LogP contribution in [0.15, 0.2) is 18.2 Å². The summed E-state index contributed by atoms with van der Waals surface area (Å²) in [6.07, 6.45) is 2.15. The summed E-state index contributed by atoms with van der Waals surface area (Å²) in [6, 6.07) is 6.43. The molecule has 0 amide bonds. The lowest BCUT2D eigenvalue weighted by molar-refractivity contribution is 0.169. The van der Waals surface area contributed by atoms with E-state index in [1.165, 1.54) is 11.1 Å². The molecule has 1 N–H and O–H groups in total. The van der Waals surface area contributed by atoms with Crippen LogP contribution in [-0.4, -0.2) is 11.7 Å².